The number of ether oxygens (including phenoxy) is 2. The van der Waals surface area contributed by atoms with Gasteiger partial charge in [-0.2, -0.15) is 0 Å². The van der Waals surface area contributed by atoms with E-state index in [1.807, 2.05) is 0 Å². The lowest BCUT2D eigenvalue weighted by Crippen LogP contribution is -2.23. The molecular weight excluding hydrogens is 238 g/mol. The van der Waals surface area contributed by atoms with Crippen molar-refractivity contribution in [1.82, 2.24) is 0 Å². The molecule has 100 valence electrons. The molecule has 1 rings (SSSR count). The van der Waals surface area contributed by atoms with Crippen LogP contribution >= 0.6 is 0 Å². The number of rotatable bonds is 5. The van der Waals surface area contributed by atoms with Gasteiger partial charge in [0, 0.05) is 0 Å². The summed E-state index contributed by atoms with van der Waals surface area (Å²) in [6.45, 7) is 5.49. The maximum Gasteiger partial charge on any atom is 0.341 e. The Labute approximate surface area is 105 Å². The molecule has 0 bridgehead atoms. The summed E-state index contributed by atoms with van der Waals surface area (Å²) in [5.74, 6) is -0.542. The normalized spacial score (nSPS) is 12.0. The quantitative estimate of drug-likeness (QED) is 0.798. The highest BCUT2D eigenvalue weighted by Crippen LogP contribution is 2.21. The molecule has 0 fully saturated rings. The van der Waals surface area contributed by atoms with Crippen molar-refractivity contribution in [2.24, 2.45) is 5.73 Å². The third kappa shape index (κ3) is 3.10. The fourth-order valence-electron chi connectivity index (χ4n) is 1.42. The zero-order chi connectivity index (χ0) is 13.7. The second-order valence-corrected chi connectivity index (χ2v) is 3.57. The average Bonchev–Trinajstić information content (AvgIpc) is 2.71. The Hall–Kier alpha value is -1.82. The molecule has 18 heavy (non-hydrogen) atoms. The van der Waals surface area contributed by atoms with Gasteiger partial charge in [-0.15, -0.1) is 0 Å². The monoisotopic (exact) mass is 255 g/mol. The number of esters is 2. The van der Waals surface area contributed by atoms with Crippen molar-refractivity contribution in [2.45, 2.75) is 26.8 Å². The van der Waals surface area contributed by atoms with Gasteiger partial charge >= 0.3 is 11.9 Å². The van der Waals surface area contributed by atoms with Crippen LogP contribution in [0.2, 0.25) is 0 Å². The van der Waals surface area contributed by atoms with Crippen LogP contribution in [0.1, 0.15) is 41.8 Å². The van der Waals surface area contributed by atoms with E-state index >= 15 is 0 Å². The first-order chi connectivity index (χ1) is 8.51. The lowest BCUT2D eigenvalue weighted by Gasteiger charge is -2.06. The van der Waals surface area contributed by atoms with E-state index in [1.54, 1.807) is 20.8 Å². The Morgan fingerprint density at radius 1 is 1.33 bits per heavy atom. The molecule has 2 N–H and O–H groups in total. The van der Waals surface area contributed by atoms with Crippen molar-refractivity contribution >= 4 is 11.9 Å². The Morgan fingerprint density at radius 3 is 2.50 bits per heavy atom. The number of hydrogen-bond donors (Lipinski definition) is 1. The van der Waals surface area contributed by atoms with E-state index in [1.165, 1.54) is 6.07 Å². The minimum absolute atomic E-state index is 0.189. The highest BCUT2D eigenvalue weighted by Gasteiger charge is 2.24. The minimum atomic E-state index is -1.04. The Morgan fingerprint density at radius 2 is 1.94 bits per heavy atom. The second-order valence-electron chi connectivity index (χ2n) is 3.57. The predicted molar refractivity (Wildman–Crippen MR) is 63.0 cm³/mol. The molecule has 0 aliphatic heterocycles. The van der Waals surface area contributed by atoms with Crippen LogP contribution in [0, 0.1) is 6.92 Å². The van der Waals surface area contributed by atoms with Crippen LogP contribution in [-0.4, -0.2) is 25.2 Å². The lowest BCUT2D eigenvalue weighted by molar-refractivity contribution is -0.145. The maximum absolute atomic E-state index is 11.6. The van der Waals surface area contributed by atoms with Crippen molar-refractivity contribution in [3.8, 4) is 0 Å². The first kappa shape index (κ1) is 14.2. The fraction of sp³-hybridized carbons (Fsp3) is 0.500. The van der Waals surface area contributed by atoms with Gasteiger partial charge in [-0.1, -0.05) is 0 Å². The molecule has 0 aliphatic rings. The minimum Gasteiger partial charge on any atom is -0.464 e. The van der Waals surface area contributed by atoms with Crippen LogP contribution in [0.5, 0.6) is 0 Å². The first-order valence-corrected chi connectivity index (χ1v) is 5.70. The molecule has 1 aromatic heterocycles. The van der Waals surface area contributed by atoms with Crippen molar-refractivity contribution in [2.75, 3.05) is 13.2 Å². The van der Waals surface area contributed by atoms with Crippen LogP contribution in [0.25, 0.3) is 0 Å². The highest BCUT2D eigenvalue weighted by atomic mass is 16.5. The lowest BCUT2D eigenvalue weighted by atomic mass is 10.2. The summed E-state index contributed by atoms with van der Waals surface area (Å²) in [5, 5.41) is 0. The number of furan rings is 1. The van der Waals surface area contributed by atoms with Crippen molar-refractivity contribution in [1.29, 1.82) is 0 Å². The summed E-state index contributed by atoms with van der Waals surface area (Å²) in [5.41, 5.74) is 5.93. The van der Waals surface area contributed by atoms with E-state index in [-0.39, 0.29) is 24.5 Å². The van der Waals surface area contributed by atoms with Gasteiger partial charge in [-0.3, -0.25) is 0 Å². The zero-order valence-corrected chi connectivity index (χ0v) is 10.7. The third-order valence-corrected chi connectivity index (χ3v) is 2.28. The summed E-state index contributed by atoms with van der Waals surface area (Å²) in [6.07, 6.45) is 0. The van der Waals surface area contributed by atoms with Gasteiger partial charge in [-0.05, 0) is 26.8 Å². The van der Waals surface area contributed by atoms with E-state index in [4.69, 9.17) is 19.6 Å². The zero-order valence-electron chi connectivity index (χ0n) is 10.7. The summed E-state index contributed by atoms with van der Waals surface area (Å²) in [7, 11) is 0. The molecule has 1 unspecified atom stereocenters. The molecule has 0 aliphatic carbocycles. The summed E-state index contributed by atoms with van der Waals surface area (Å²) >= 11 is 0. The summed E-state index contributed by atoms with van der Waals surface area (Å²) < 4.78 is 14.9. The van der Waals surface area contributed by atoms with Crippen LogP contribution in [0.3, 0.4) is 0 Å². The summed E-state index contributed by atoms with van der Waals surface area (Å²) in [6, 6.07) is 0.376. The van der Waals surface area contributed by atoms with E-state index in [9.17, 15) is 9.59 Å². The highest BCUT2D eigenvalue weighted by molar-refractivity contribution is 5.91. The van der Waals surface area contributed by atoms with Crippen molar-refractivity contribution in [3.63, 3.8) is 0 Å². The number of carbonyl (C=O) groups is 2. The van der Waals surface area contributed by atoms with Gasteiger partial charge in [-0.25, -0.2) is 9.59 Å². The molecule has 0 saturated carbocycles. The second kappa shape index (κ2) is 6.20. The number of aryl methyl sites for hydroxylation is 1. The smallest absolute Gasteiger partial charge is 0.341 e. The van der Waals surface area contributed by atoms with Crippen molar-refractivity contribution in [3.05, 3.63) is 23.2 Å². The predicted octanol–water partition coefficient (Wildman–Crippen LogP) is 1.33. The van der Waals surface area contributed by atoms with E-state index in [2.05, 4.69) is 0 Å². The van der Waals surface area contributed by atoms with Gasteiger partial charge < -0.3 is 19.6 Å². The van der Waals surface area contributed by atoms with Gasteiger partial charge in [0.25, 0.3) is 0 Å². The van der Waals surface area contributed by atoms with Gasteiger partial charge in [0.2, 0.25) is 0 Å². The van der Waals surface area contributed by atoms with E-state index < -0.39 is 18.0 Å². The molecule has 0 spiro atoms. The average molecular weight is 255 g/mol. The van der Waals surface area contributed by atoms with Crippen LogP contribution in [-0.2, 0) is 14.3 Å². The summed E-state index contributed by atoms with van der Waals surface area (Å²) in [4.78, 5) is 23.0. The molecule has 1 aromatic rings. The Bertz CT molecular complexity index is 438. The van der Waals surface area contributed by atoms with Crippen molar-refractivity contribution < 1.29 is 23.5 Å². The molecule has 0 aromatic carbocycles. The number of carbonyl (C=O) groups excluding carboxylic acids is 2. The maximum atomic E-state index is 11.6. The number of hydrogen-bond acceptors (Lipinski definition) is 6. The molecule has 1 heterocycles. The third-order valence-electron chi connectivity index (χ3n) is 2.28. The largest absolute Gasteiger partial charge is 0.464 e. The van der Waals surface area contributed by atoms with E-state index in [0.29, 0.717) is 5.76 Å². The molecule has 6 nitrogen and oxygen atoms in total. The molecule has 0 amide bonds. The Kier molecular flexibility index (Phi) is 4.91. The standard InChI is InChI=1S/C12H17NO5/c1-4-16-11(14)8-6-9(18-7(8)3)10(13)12(15)17-5-2/h6,10H,4-5,13H2,1-3H3. The van der Waals surface area contributed by atoms with Gasteiger partial charge in [0.05, 0.1) is 13.2 Å². The number of nitrogens with two attached hydrogens (primary N) is 1. The molecule has 0 saturated heterocycles. The van der Waals surface area contributed by atoms with Crippen LogP contribution in [0.15, 0.2) is 10.5 Å². The van der Waals surface area contributed by atoms with Gasteiger partial charge in [0.15, 0.2) is 6.04 Å². The Balaban J connectivity index is 2.89. The fourth-order valence-corrected chi connectivity index (χ4v) is 1.42. The molecule has 1 atom stereocenters. The molecule has 6 heteroatoms. The van der Waals surface area contributed by atoms with Crippen LogP contribution < -0.4 is 5.73 Å². The molecule has 0 radical (unpaired) electrons. The van der Waals surface area contributed by atoms with E-state index in [0.717, 1.165) is 0 Å². The van der Waals surface area contributed by atoms with Gasteiger partial charge in [0.1, 0.15) is 17.1 Å². The molecular formula is C12H17NO5. The SMILES string of the molecule is CCOC(=O)c1cc(C(N)C(=O)OCC)oc1C. The van der Waals surface area contributed by atoms with Crippen LogP contribution in [0.4, 0.5) is 0 Å². The first-order valence-electron chi connectivity index (χ1n) is 5.70. The topological polar surface area (TPSA) is 91.8 Å².